The van der Waals surface area contributed by atoms with E-state index in [0.717, 1.165) is 72.7 Å². The minimum atomic E-state index is -0.427. The number of fused-ring (bicyclic) bond motifs is 17. The topological polar surface area (TPSA) is 38.6 Å². The highest BCUT2D eigenvalue weighted by Crippen LogP contribution is 2.63. The minimum Gasteiger partial charge on any atom is -0.436 e. The van der Waals surface area contributed by atoms with E-state index in [1.165, 1.54) is 50.1 Å². The molecule has 0 amide bonds. The number of hydrogen-bond donors (Lipinski definition) is 0. The summed E-state index contributed by atoms with van der Waals surface area (Å²) in [5.74, 6) is 0.797. The summed E-state index contributed by atoms with van der Waals surface area (Å²) >= 11 is 0. The summed E-state index contributed by atoms with van der Waals surface area (Å²) in [6.45, 7) is 6.04. The maximum Gasteiger partial charge on any atom is 0.248 e. The smallest absolute Gasteiger partial charge is 0.248 e. The lowest BCUT2D eigenvalue weighted by atomic mass is 9.70. The van der Waals surface area contributed by atoms with Crippen LogP contribution in [0.25, 0.3) is 83.7 Å². The molecule has 0 bridgehead atoms. The Kier molecular flexibility index (Phi) is 8.80. The number of benzene rings is 9. The van der Waals surface area contributed by atoms with Crippen molar-refractivity contribution < 1.29 is 4.42 Å². The molecule has 0 unspecified atom stereocenters. The van der Waals surface area contributed by atoms with Gasteiger partial charge in [-0.2, -0.15) is 4.98 Å². The average molecular weight is 897 g/mol. The van der Waals surface area contributed by atoms with E-state index in [4.69, 9.17) is 9.40 Å². The van der Waals surface area contributed by atoms with E-state index in [0.29, 0.717) is 5.71 Å². The Morgan fingerprint density at radius 1 is 0.557 bits per heavy atom. The normalized spacial score (nSPS) is 13.4. The predicted octanol–water partition coefficient (Wildman–Crippen LogP) is 16.8. The van der Waals surface area contributed by atoms with Crippen LogP contribution in [0.5, 0.6) is 0 Å². The van der Waals surface area contributed by atoms with Crippen molar-refractivity contribution in [3.8, 4) is 39.1 Å². The van der Waals surface area contributed by atoms with Crippen LogP contribution in [0.2, 0.25) is 0 Å². The summed E-state index contributed by atoms with van der Waals surface area (Å²) in [7, 11) is 0. The van der Waals surface area contributed by atoms with E-state index in [2.05, 4.69) is 239 Å². The molecule has 5 heteroatoms. The molecule has 2 aliphatic carbocycles. The van der Waals surface area contributed by atoms with E-state index in [1.54, 1.807) is 0 Å². The van der Waals surface area contributed by atoms with Gasteiger partial charge in [-0.15, -0.1) is 0 Å². The summed E-state index contributed by atoms with van der Waals surface area (Å²) < 4.78 is 10.9. The first-order valence-electron chi connectivity index (χ1n) is 23.9. The van der Waals surface area contributed by atoms with Crippen LogP contribution < -0.4 is 4.90 Å². The number of furan rings is 1. The highest BCUT2D eigenvalue weighted by molar-refractivity contribution is 6.06. The first kappa shape index (κ1) is 39.9. The zero-order chi connectivity index (χ0) is 46.5. The van der Waals surface area contributed by atoms with E-state index in [-0.39, 0.29) is 0 Å². The molecule has 0 N–H and O–H groups in total. The van der Waals surface area contributed by atoms with Crippen LogP contribution >= 0.6 is 0 Å². The SMILES string of the molecule is C=C/C=C(\C=C/C)c1ccc(N(c2cccc(-c3ccc4c(c3)C3(c5ccccc5-c5ccccc53)c3ccccc3-4)c2)c2ccc3c(c2)n(-c2ccccc2)c2nc4oc5ccccc5c4n32)cc1. The van der Waals surface area contributed by atoms with Crippen molar-refractivity contribution in [1.82, 2.24) is 14.0 Å². The molecule has 0 fully saturated rings. The second-order valence-electron chi connectivity index (χ2n) is 18.3. The maximum atomic E-state index is 6.35. The molecule has 9 aromatic carbocycles. The second kappa shape index (κ2) is 15.4. The van der Waals surface area contributed by atoms with E-state index in [1.807, 2.05) is 25.1 Å². The van der Waals surface area contributed by atoms with Crippen molar-refractivity contribution >= 4 is 61.6 Å². The number of hydrogen-bond acceptors (Lipinski definition) is 3. The molecule has 2 aliphatic rings. The fourth-order valence-corrected chi connectivity index (χ4v) is 11.8. The standard InChI is InChI=1S/C65H44N4O/c1-3-17-42(18-4-2)43-31-34-47(35-32-43)67(49-36-38-59-60(41-49)68(46-20-6-5-7-21-46)64-66-63-62(69(59)64)54-26-11-15-30-61(54)70-63)48-22-16-19-44(39-48)45-33-37-53-52-25-10-14-29-57(52)65(58(53)40-45)55-27-12-8-23-50(55)51-24-9-13-28-56(51)65/h3-41H,1H2,2H3/b18-4-,42-17+. The molecular formula is C65H44N4O. The summed E-state index contributed by atoms with van der Waals surface area (Å²) in [6, 6.07) is 77.5. The van der Waals surface area contributed by atoms with E-state index in [9.17, 15) is 0 Å². The summed E-state index contributed by atoms with van der Waals surface area (Å²) in [6.07, 6.45) is 8.10. The van der Waals surface area contributed by atoms with E-state index >= 15 is 0 Å². The molecule has 14 rings (SSSR count). The molecule has 1 spiro atoms. The summed E-state index contributed by atoms with van der Waals surface area (Å²) in [5, 5.41) is 1.03. The largest absolute Gasteiger partial charge is 0.436 e. The molecule has 5 nitrogen and oxygen atoms in total. The molecule has 0 aliphatic heterocycles. The third kappa shape index (κ3) is 5.63. The molecule has 12 aromatic rings. The van der Waals surface area contributed by atoms with Gasteiger partial charge < -0.3 is 9.32 Å². The fraction of sp³-hybridized carbons (Fsp3) is 0.0308. The minimum absolute atomic E-state index is 0.427. The number of rotatable bonds is 8. The fourth-order valence-electron chi connectivity index (χ4n) is 11.8. The summed E-state index contributed by atoms with van der Waals surface area (Å²) in [5.41, 5.74) is 23.2. The lowest BCUT2D eigenvalue weighted by Crippen LogP contribution is -2.25. The Morgan fingerprint density at radius 2 is 1.19 bits per heavy atom. The Morgan fingerprint density at radius 3 is 1.90 bits per heavy atom. The van der Waals surface area contributed by atoms with Gasteiger partial charge in [-0.1, -0.05) is 170 Å². The lowest BCUT2D eigenvalue weighted by molar-refractivity contribution is 0.656. The van der Waals surface area contributed by atoms with Gasteiger partial charge in [-0.3, -0.25) is 8.97 Å². The van der Waals surface area contributed by atoms with Gasteiger partial charge in [0.05, 0.1) is 16.4 Å². The van der Waals surface area contributed by atoms with Gasteiger partial charge in [0.15, 0.2) is 0 Å². The highest BCUT2D eigenvalue weighted by Gasteiger charge is 2.51. The second-order valence-corrected chi connectivity index (χ2v) is 18.3. The highest BCUT2D eigenvalue weighted by atomic mass is 16.3. The van der Waals surface area contributed by atoms with Gasteiger partial charge in [0.25, 0.3) is 0 Å². The number of anilines is 3. The van der Waals surface area contributed by atoms with Crippen molar-refractivity contribution in [3.63, 3.8) is 0 Å². The van der Waals surface area contributed by atoms with Crippen molar-refractivity contribution in [2.75, 3.05) is 4.90 Å². The Bertz CT molecular complexity index is 4100. The third-order valence-corrected chi connectivity index (χ3v) is 14.6. The van der Waals surface area contributed by atoms with Crippen molar-refractivity contribution in [3.05, 3.63) is 271 Å². The molecule has 3 heterocycles. The quantitative estimate of drug-likeness (QED) is 0.143. The van der Waals surface area contributed by atoms with Gasteiger partial charge in [0.1, 0.15) is 11.1 Å². The van der Waals surface area contributed by atoms with Crippen LogP contribution in [0.15, 0.2) is 248 Å². The first-order valence-corrected chi connectivity index (χ1v) is 23.9. The van der Waals surface area contributed by atoms with Crippen LogP contribution in [0.4, 0.5) is 17.1 Å². The summed E-state index contributed by atoms with van der Waals surface area (Å²) in [4.78, 5) is 7.55. The van der Waals surface area contributed by atoms with Crippen molar-refractivity contribution in [2.45, 2.75) is 12.3 Å². The number of para-hydroxylation sites is 2. The number of nitrogens with zero attached hydrogens (tertiary/aromatic N) is 4. The van der Waals surface area contributed by atoms with Gasteiger partial charge >= 0.3 is 0 Å². The maximum absolute atomic E-state index is 6.35. The van der Waals surface area contributed by atoms with Gasteiger partial charge in [0.2, 0.25) is 11.5 Å². The molecular weight excluding hydrogens is 853 g/mol. The molecule has 0 atom stereocenters. The Balaban J connectivity index is 0.971. The Hall–Kier alpha value is -9.19. The van der Waals surface area contributed by atoms with Crippen molar-refractivity contribution in [1.29, 1.82) is 0 Å². The molecule has 3 aromatic heterocycles. The lowest BCUT2D eigenvalue weighted by Gasteiger charge is -2.30. The molecule has 330 valence electrons. The molecule has 70 heavy (non-hydrogen) atoms. The molecule has 0 saturated heterocycles. The Labute approximate surface area is 405 Å². The third-order valence-electron chi connectivity index (χ3n) is 14.6. The number of allylic oxidation sites excluding steroid dienone is 5. The number of imidazole rings is 2. The zero-order valence-corrected chi connectivity index (χ0v) is 38.4. The van der Waals surface area contributed by atoms with Crippen molar-refractivity contribution in [2.24, 2.45) is 0 Å². The van der Waals surface area contributed by atoms with Gasteiger partial charge in [-0.05, 0) is 146 Å². The van der Waals surface area contributed by atoms with Gasteiger partial charge in [0, 0.05) is 28.1 Å². The van der Waals surface area contributed by atoms with Crippen LogP contribution in [0.3, 0.4) is 0 Å². The molecule has 0 saturated carbocycles. The van der Waals surface area contributed by atoms with Gasteiger partial charge in [-0.25, -0.2) is 0 Å². The number of aromatic nitrogens is 3. The van der Waals surface area contributed by atoms with Crippen LogP contribution in [-0.4, -0.2) is 14.0 Å². The van der Waals surface area contributed by atoms with Crippen LogP contribution in [0.1, 0.15) is 34.7 Å². The zero-order valence-electron chi connectivity index (χ0n) is 38.4. The predicted molar refractivity (Wildman–Crippen MR) is 289 cm³/mol. The van der Waals surface area contributed by atoms with E-state index < -0.39 is 5.41 Å². The monoisotopic (exact) mass is 896 g/mol. The average Bonchev–Trinajstić information content (AvgIpc) is 4.19. The molecule has 0 radical (unpaired) electrons. The van der Waals surface area contributed by atoms with Crippen LogP contribution in [0, 0.1) is 0 Å². The van der Waals surface area contributed by atoms with Crippen LogP contribution in [-0.2, 0) is 5.41 Å². The first-order chi connectivity index (χ1) is 34.6.